The number of hydrogen-bond acceptors (Lipinski definition) is 5. The van der Waals surface area contributed by atoms with E-state index in [0.29, 0.717) is 44.0 Å². The lowest BCUT2D eigenvalue weighted by molar-refractivity contribution is -0.132. The number of hydrogen-bond donors (Lipinski definition) is 1. The highest BCUT2D eigenvalue weighted by Gasteiger charge is 2.38. The summed E-state index contributed by atoms with van der Waals surface area (Å²) in [5.74, 6) is 1.45. The summed E-state index contributed by atoms with van der Waals surface area (Å²) in [5.41, 5.74) is 0.438. The van der Waals surface area contributed by atoms with Gasteiger partial charge in [0.25, 0.3) is 5.91 Å². The van der Waals surface area contributed by atoms with E-state index >= 15 is 0 Å². The van der Waals surface area contributed by atoms with Crippen molar-refractivity contribution < 1.29 is 19.1 Å². The number of carbonyl (C=O) groups is 2. The first-order chi connectivity index (χ1) is 13.4. The van der Waals surface area contributed by atoms with E-state index in [4.69, 9.17) is 9.47 Å². The van der Waals surface area contributed by atoms with E-state index in [0.717, 1.165) is 10.4 Å². The average Bonchev–Trinajstić information content (AvgIpc) is 3.26. The molecular weight excluding hydrogens is 376 g/mol. The summed E-state index contributed by atoms with van der Waals surface area (Å²) in [6.07, 6.45) is 1.30. The summed E-state index contributed by atoms with van der Waals surface area (Å²) in [7, 11) is 3.20. The number of nitrogens with zero attached hydrogens (tertiary/aromatic N) is 1. The minimum absolute atomic E-state index is 0.0116. The molecule has 1 fully saturated rings. The second-order valence-corrected chi connectivity index (χ2v) is 8.18. The normalized spacial score (nSPS) is 15.8. The van der Waals surface area contributed by atoms with Gasteiger partial charge in [0.05, 0.1) is 19.1 Å². The summed E-state index contributed by atoms with van der Waals surface area (Å²) >= 11 is 1.45. The van der Waals surface area contributed by atoms with Crippen molar-refractivity contribution in [2.24, 2.45) is 5.41 Å². The molecule has 1 saturated heterocycles. The van der Waals surface area contributed by atoms with Crippen molar-refractivity contribution in [1.29, 1.82) is 0 Å². The molecule has 1 aromatic carbocycles. The minimum Gasteiger partial charge on any atom is -0.497 e. The molecule has 0 spiro atoms. The largest absolute Gasteiger partial charge is 0.497 e. The molecule has 0 unspecified atom stereocenters. The van der Waals surface area contributed by atoms with Crippen LogP contribution in [0, 0.1) is 5.41 Å². The van der Waals surface area contributed by atoms with Crippen molar-refractivity contribution in [2.45, 2.75) is 26.3 Å². The Morgan fingerprint density at radius 2 is 1.79 bits per heavy atom. The molecule has 2 amide bonds. The zero-order chi connectivity index (χ0) is 20.1. The van der Waals surface area contributed by atoms with Crippen LogP contribution in [-0.4, -0.2) is 44.0 Å². The first kappa shape index (κ1) is 20.2. The molecule has 0 radical (unpaired) electrons. The van der Waals surface area contributed by atoms with Crippen LogP contribution in [0.3, 0.4) is 0 Å². The van der Waals surface area contributed by atoms with Gasteiger partial charge in [-0.1, -0.05) is 13.0 Å². The van der Waals surface area contributed by atoms with Crippen LogP contribution in [0.15, 0.2) is 35.7 Å². The quantitative estimate of drug-likeness (QED) is 0.805. The molecule has 150 valence electrons. The van der Waals surface area contributed by atoms with Crippen LogP contribution in [0.1, 0.15) is 35.0 Å². The van der Waals surface area contributed by atoms with E-state index in [9.17, 15) is 9.59 Å². The van der Waals surface area contributed by atoms with Gasteiger partial charge in [-0.25, -0.2) is 0 Å². The van der Waals surface area contributed by atoms with Gasteiger partial charge in [-0.2, -0.15) is 0 Å². The molecular formula is C21H26N2O4S. The van der Waals surface area contributed by atoms with Gasteiger partial charge < -0.3 is 19.7 Å². The van der Waals surface area contributed by atoms with Gasteiger partial charge in [-0.3, -0.25) is 9.59 Å². The highest BCUT2D eigenvalue weighted by molar-refractivity contribution is 7.12. The van der Waals surface area contributed by atoms with E-state index in [1.54, 1.807) is 20.3 Å². The second kappa shape index (κ2) is 8.65. The van der Waals surface area contributed by atoms with Crippen molar-refractivity contribution in [1.82, 2.24) is 10.2 Å². The molecule has 7 heteroatoms. The molecule has 0 atom stereocenters. The maximum absolute atomic E-state index is 12.8. The third-order valence-corrected chi connectivity index (χ3v) is 6.16. The molecule has 28 heavy (non-hydrogen) atoms. The smallest absolute Gasteiger partial charge is 0.263 e. The van der Waals surface area contributed by atoms with Crippen molar-refractivity contribution in [3.05, 3.63) is 46.2 Å². The maximum Gasteiger partial charge on any atom is 0.263 e. The molecule has 2 heterocycles. The predicted octanol–water partition coefficient (Wildman–Crippen LogP) is 3.32. The minimum atomic E-state index is -0.477. The lowest BCUT2D eigenvalue weighted by atomic mass is 9.79. The van der Waals surface area contributed by atoms with Crippen LogP contribution in [0.25, 0.3) is 0 Å². The third-order valence-electron chi connectivity index (χ3n) is 5.30. The van der Waals surface area contributed by atoms with Gasteiger partial charge in [0.15, 0.2) is 0 Å². The number of thiophene rings is 1. The number of likely N-dealkylation sites (tertiary alicyclic amines) is 1. The van der Waals surface area contributed by atoms with E-state index in [2.05, 4.69) is 5.32 Å². The molecule has 0 bridgehead atoms. The van der Waals surface area contributed by atoms with Gasteiger partial charge in [-0.05, 0) is 42.0 Å². The Balaban J connectivity index is 1.57. The molecule has 2 aromatic rings. The van der Waals surface area contributed by atoms with Gasteiger partial charge >= 0.3 is 0 Å². The molecule has 1 aliphatic heterocycles. The lowest BCUT2D eigenvalue weighted by Gasteiger charge is -2.38. The summed E-state index contributed by atoms with van der Waals surface area (Å²) in [6, 6.07) is 9.29. The van der Waals surface area contributed by atoms with Crippen molar-refractivity contribution in [3.63, 3.8) is 0 Å². The van der Waals surface area contributed by atoms with Crippen LogP contribution < -0.4 is 14.8 Å². The zero-order valence-corrected chi connectivity index (χ0v) is 17.3. The monoisotopic (exact) mass is 402 g/mol. The highest BCUT2D eigenvalue weighted by Crippen LogP contribution is 2.32. The van der Waals surface area contributed by atoms with Gasteiger partial charge in [-0.15, -0.1) is 11.3 Å². The Bertz CT molecular complexity index is 805. The van der Waals surface area contributed by atoms with E-state index in [-0.39, 0.29) is 11.8 Å². The number of rotatable bonds is 6. The van der Waals surface area contributed by atoms with Crippen LogP contribution in [0.5, 0.6) is 11.5 Å². The standard InChI is InChI=1S/C21H26N2O4S/c1-21(6-8-23(9-7-21)19(24)18-5-4-10-28-18)20(25)22-14-15-11-16(26-2)13-17(12-15)27-3/h4-5,10-13H,6-9,14H2,1-3H3,(H,22,25). The number of ether oxygens (including phenoxy) is 2. The number of nitrogens with one attached hydrogen (secondary N) is 1. The molecule has 0 aliphatic carbocycles. The van der Waals surface area contributed by atoms with E-state index in [1.807, 2.05) is 41.5 Å². The molecule has 0 saturated carbocycles. The number of methoxy groups -OCH3 is 2. The number of benzene rings is 1. The summed E-state index contributed by atoms with van der Waals surface area (Å²) in [4.78, 5) is 27.9. The van der Waals surface area contributed by atoms with Crippen molar-refractivity contribution in [3.8, 4) is 11.5 Å². The fraction of sp³-hybridized carbons (Fsp3) is 0.429. The Morgan fingerprint density at radius 3 is 2.32 bits per heavy atom. The average molecular weight is 403 g/mol. The Morgan fingerprint density at radius 1 is 1.14 bits per heavy atom. The maximum atomic E-state index is 12.8. The van der Waals surface area contributed by atoms with Crippen molar-refractivity contribution in [2.75, 3.05) is 27.3 Å². The third kappa shape index (κ3) is 4.47. The summed E-state index contributed by atoms with van der Waals surface area (Å²) in [6.45, 7) is 3.56. The van der Waals surface area contributed by atoms with Crippen molar-refractivity contribution >= 4 is 23.2 Å². The highest BCUT2D eigenvalue weighted by atomic mass is 32.1. The Hall–Kier alpha value is -2.54. The number of carbonyl (C=O) groups excluding carboxylic acids is 2. The van der Waals surface area contributed by atoms with Crippen LogP contribution in [0.4, 0.5) is 0 Å². The zero-order valence-electron chi connectivity index (χ0n) is 16.5. The Kier molecular flexibility index (Phi) is 6.24. The predicted molar refractivity (Wildman–Crippen MR) is 109 cm³/mol. The first-order valence-electron chi connectivity index (χ1n) is 9.28. The lowest BCUT2D eigenvalue weighted by Crippen LogP contribution is -2.48. The Labute approximate surface area is 169 Å². The van der Waals surface area contributed by atoms with Crippen LogP contribution in [-0.2, 0) is 11.3 Å². The molecule has 3 rings (SSSR count). The van der Waals surface area contributed by atoms with Crippen LogP contribution >= 0.6 is 11.3 Å². The van der Waals surface area contributed by atoms with Gasteiger partial charge in [0, 0.05) is 31.1 Å². The number of amides is 2. The van der Waals surface area contributed by atoms with Crippen LogP contribution in [0.2, 0.25) is 0 Å². The summed E-state index contributed by atoms with van der Waals surface area (Å²) < 4.78 is 10.6. The molecule has 1 N–H and O–H groups in total. The van der Waals surface area contributed by atoms with E-state index < -0.39 is 5.41 Å². The SMILES string of the molecule is COc1cc(CNC(=O)C2(C)CCN(C(=O)c3cccs3)CC2)cc(OC)c1. The topological polar surface area (TPSA) is 67.9 Å². The van der Waals surface area contributed by atoms with Gasteiger partial charge in [0.1, 0.15) is 11.5 Å². The summed E-state index contributed by atoms with van der Waals surface area (Å²) in [5, 5.41) is 4.94. The molecule has 1 aromatic heterocycles. The number of piperidine rings is 1. The fourth-order valence-corrected chi connectivity index (χ4v) is 4.04. The van der Waals surface area contributed by atoms with E-state index in [1.165, 1.54) is 11.3 Å². The first-order valence-corrected chi connectivity index (χ1v) is 10.2. The molecule has 1 aliphatic rings. The van der Waals surface area contributed by atoms with Gasteiger partial charge in [0.2, 0.25) is 5.91 Å². The molecule has 6 nitrogen and oxygen atoms in total. The fourth-order valence-electron chi connectivity index (χ4n) is 3.35. The second-order valence-electron chi connectivity index (χ2n) is 7.23.